The average Bonchev–Trinajstić information content (AvgIpc) is 2.73. The fraction of sp³-hybridized carbons (Fsp3) is 0.350. The van der Waals surface area contributed by atoms with Gasteiger partial charge in [0, 0.05) is 44.6 Å². The van der Waals surface area contributed by atoms with Crippen molar-refractivity contribution in [1.82, 2.24) is 19.9 Å². The number of fused-ring (bicyclic) bond motifs is 1. The van der Waals surface area contributed by atoms with Crippen molar-refractivity contribution in [3.05, 3.63) is 63.1 Å². The lowest BCUT2D eigenvalue weighted by Gasteiger charge is -2.37. The number of aromatic hydroxyl groups is 1. The molecule has 0 saturated carbocycles. The van der Waals surface area contributed by atoms with Crippen LogP contribution in [0.3, 0.4) is 0 Å². The lowest BCUT2D eigenvalue weighted by Crippen LogP contribution is -2.52. The Bertz CT molecular complexity index is 1070. The van der Waals surface area contributed by atoms with E-state index in [0.717, 1.165) is 6.07 Å². The van der Waals surface area contributed by atoms with E-state index in [1.165, 1.54) is 28.9 Å². The number of carbonyl (C=O) groups is 2. The normalized spacial score (nSPS) is 13.9. The highest BCUT2D eigenvalue weighted by Crippen LogP contribution is 2.22. The molecular weight excluding hydrogens is 414 g/mol. The standard InChI is InChI=1S/C20H22F2N4O5/c1-3-31-7-6-26-11-25-10-14(17(27)18(28)16(25)20(30)24(26)2)19(29)23-9-12-4-5-13(21)8-15(12)22/h4-5,8,10,28H,3,6-7,9,11H2,1-2H3,(H,23,29). The molecule has 0 atom stereocenters. The number of halogens is 2. The van der Waals surface area contributed by atoms with Gasteiger partial charge in [0.05, 0.1) is 13.3 Å². The summed E-state index contributed by atoms with van der Waals surface area (Å²) in [6.45, 7) is 2.86. The summed E-state index contributed by atoms with van der Waals surface area (Å²) in [6.07, 6.45) is 1.17. The predicted octanol–water partition coefficient (Wildman–Crippen LogP) is 1.06. The second kappa shape index (κ2) is 9.23. The monoisotopic (exact) mass is 436 g/mol. The van der Waals surface area contributed by atoms with Gasteiger partial charge in [-0.1, -0.05) is 6.07 Å². The van der Waals surface area contributed by atoms with Crippen LogP contribution in [0.1, 0.15) is 33.3 Å². The zero-order valence-electron chi connectivity index (χ0n) is 17.0. The van der Waals surface area contributed by atoms with Crippen LogP contribution in [0.2, 0.25) is 0 Å². The Morgan fingerprint density at radius 2 is 2.03 bits per heavy atom. The Morgan fingerprint density at radius 3 is 2.71 bits per heavy atom. The molecular formula is C20H22F2N4O5. The molecule has 0 fully saturated rings. The first-order valence-electron chi connectivity index (χ1n) is 9.53. The van der Waals surface area contributed by atoms with E-state index in [0.29, 0.717) is 25.8 Å². The van der Waals surface area contributed by atoms with E-state index < -0.39 is 40.2 Å². The van der Waals surface area contributed by atoms with Crippen molar-refractivity contribution in [1.29, 1.82) is 0 Å². The van der Waals surface area contributed by atoms with E-state index in [1.54, 1.807) is 5.01 Å². The molecule has 1 aromatic heterocycles. The molecule has 2 aromatic rings. The van der Waals surface area contributed by atoms with Crippen molar-refractivity contribution < 1.29 is 28.2 Å². The summed E-state index contributed by atoms with van der Waals surface area (Å²) < 4.78 is 33.4. The molecule has 3 rings (SSSR count). The highest BCUT2D eigenvalue weighted by atomic mass is 19.1. The van der Waals surface area contributed by atoms with Crippen LogP contribution in [0.15, 0.2) is 29.2 Å². The number of hydrogen-bond acceptors (Lipinski definition) is 6. The van der Waals surface area contributed by atoms with Gasteiger partial charge in [-0.3, -0.25) is 19.4 Å². The van der Waals surface area contributed by atoms with Crippen LogP contribution in [0, 0.1) is 11.6 Å². The number of amides is 2. The molecule has 166 valence electrons. The minimum absolute atomic E-state index is 0.0240. The van der Waals surface area contributed by atoms with Crippen LogP contribution in [0.4, 0.5) is 8.78 Å². The highest BCUT2D eigenvalue weighted by Gasteiger charge is 2.33. The van der Waals surface area contributed by atoms with Gasteiger partial charge >= 0.3 is 0 Å². The van der Waals surface area contributed by atoms with Crippen molar-refractivity contribution in [2.75, 3.05) is 26.8 Å². The topological polar surface area (TPSA) is 104 Å². The van der Waals surface area contributed by atoms with Gasteiger partial charge in [0.2, 0.25) is 5.43 Å². The predicted molar refractivity (Wildman–Crippen MR) is 105 cm³/mol. The van der Waals surface area contributed by atoms with E-state index in [2.05, 4.69) is 5.32 Å². The molecule has 31 heavy (non-hydrogen) atoms. The van der Waals surface area contributed by atoms with Crippen LogP contribution in [0.5, 0.6) is 5.75 Å². The van der Waals surface area contributed by atoms with Gasteiger partial charge in [0.1, 0.15) is 17.2 Å². The van der Waals surface area contributed by atoms with Crippen LogP contribution < -0.4 is 10.7 Å². The number of nitrogens with one attached hydrogen (secondary N) is 1. The molecule has 11 heteroatoms. The molecule has 0 saturated heterocycles. The molecule has 0 unspecified atom stereocenters. The number of benzene rings is 1. The number of hydrogen-bond donors (Lipinski definition) is 2. The number of nitrogens with zero attached hydrogens (tertiary/aromatic N) is 3. The largest absolute Gasteiger partial charge is 0.503 e. The summed E-state index contributed by atoms with van der Waals surface area (Å²) in [5, 5.41) is 15.6. The van der Waals surface area contributed by atoms with Gasteiger partial charge in [0.25, 0.3) is 11.8 Å². The molecule has 2 amide bonds. The minimum atomic E-state index is -1.02. The molecule has 0 bridgehead atoms. The van der Waals surface area contributed by atoms with Crippen LogP contribution in [0.25, 0.3) is 0 Å². The van der Waals surface area contributed by atoms with Gasteiger partial charge in [0.15, 0.2) is 11.4 Å². The fourth-order valence-electron chi connectivity index (χ4n) is 3.17. The Hall–Kier alpha value is -3.31. The Kier molecular flexibility index (Phi) is 6.66. The van der Waals surface area contributed by atoms with Crippen molar-refractivity contribution in [3.8, 4) is 5.75 Å². The van der Waals surface area contributed by atoms with Crippen LogP contribution in [-0.4, -0.2) is 58.3 Å². The average molecular weight is 436 g/mol. The van der Waals surface area contributed by atoms with Crippen molar-refractivity contribution in [2.45, 2.75) is 20.1 Å². The van der Waals surface area contributed by atoms with E-state index in [-0.39, 0.29) is 24.5 Å². The summed E-state index contributed by atoms with van der Waals surface area (Å²) in [6, 6.07) is 2.90. The maximum absolute atomic E-state index is 13.8. The van der Waals surface area contributed by atoms with E-state index in [1.807, 2.05) is 6.92 Å². The third kappa shape index (κ3) is 4.57. The van der Waals surface area contributed by atoms with Gasteiger partial charge in [-0.05, 0) is 13.0 Å². The fourth-order valence-corrected chi connectivity index (χ4v) is 3.17. The molecule has 0 spiro atoms. The maximum Gasteiger partial charge on any atom is 0.288 e. The highest BCUT2D eigenvalue weighted by molar-refractivity contribution is 5.98. The third-order valence-corrected chi connectivity index (χ3v) is 4.89. The zero-order chi connectivity index (χ0) is 22.7. The molecule has 0 aliphatic carbocycles. The quantitative estimate of drug-likeness (QED) is 0.629. The number of aromatic nitrogens is 1. The Balaban J connectivity index is 1.85. The van der Waals surface area contributed by atoms with Gasteiger partial charge in [-0.25, -0.2) is 8.78 Å². The second-order valence-electron chi connectivity index (χ2n) is 6.85. The summed E-state index contributed by atoms with van der Waals surface area (Å²) in [7, 11) is 1.50. The lowest BCUT2D eigenvalue weighted by atomic mass is 10.1. The first-order valence-corrected chi connectivity index (χ1v) is 9.53. The second-order valence-corrected chi connectivity index (χ2v) is 6.85. The molecule has 0 radical (unpaired) electrons. The number of hydrazine groups is 1. The van der Waals surface area contributed by atoms with Crippen molar-refractivity contribution in [2.24, 2.45) is 0 Å². The van der Waals surface area contributed by atoms with E-state index in [9.17, 15) is 28.3 Å². The lowest BCUT2D eigenvalue weighted by molar-refractivity contribution is -0.0427. The van der Waals surface area contributed by atoms with Crippen molar-refractivity contribution in [3.63, 3.8) is 0 Å². The third-order valence-electron chi connectivity index (χ3n) is 4.89. The number of pyridine rings is 1. The maximum atomic E-state index is 13.8. The SMILES string of the molecule is CCOCCN1Cn2cc(C(=O)NCc3ccc(F)cc3F)c(=O)c(O)c2C(=O)N1C. The smallest absolute Gasteiger partial charge is 0.288 e. The zero-order valence-corrected chi connectivity index (χ0v) is 17.0. The molecule has 2 N–H and O–H groups in total. The van der Waals surface area contributed by atoms with Gasteiger partial charge < -0.3 is 19.7 Å². The van der Waals surface area contributed by atoms with Gasteiger partial charge in [-0.15, -0.1) is 0 Å². The summed E-state index contributed by atoms with van der Waals surface area (Å²) in [5.41, 5.74) is -1.64. The summed E-state index contributed by atoms with van der Waals surface area (Å²) in [4.78, 5) is 37.7. The van der Waals surface area contributed by atoms with E-state index >= 15 is 0 Å². The minimum Gasteiger partial charge on any atom is -0.503 e. The van der Waals surface area contributed by atoms with E-state index in [4.69, 9.17) is 4.74 Å². The summed E-state index contributed by atoms with van der Waals surface area (Å²) in [5.74, 6) is -3.93. The molecule has 1 aliphatic heterocycles. The van der Waals surface area contributed by atoms with Crippen LogP contribution >= 0.6 is 0 Å². The number of carbonyl (C=O) groups excluding carboxylic acids is 2. The first-order chi connectivity index (χ1) is 14.7. The molecule has 1 aliphatic rings. The molecule has 2 heterocycles. The van der Waals surface area contributed by atoms with Gasteiger partial charge in [-0.2, -0.15) is 5.01 Å². The molecule has 9 nitrogen and oxygen atoms in total. The Labute approximate surface area is 176 Å². The Morgan fingerprint density at radius 1 is 1.29 bits per heavy atom. The number of rotatable bonds is 7. The molecule has 1 aromatic carbocycles. The number of ether oxygens (including phenoxy) is 1. The summed E-state index contributed by atoms with van der Waals surface area (Å²) >= 11 is 0. The first kappa shape index (κ1) is 22.4. The van der Waals surface area contributed by atoms with Crippen LogP contribution in [-0.2, 0) is 18.0 Å². The van der Waals surface area contributed by atoms with Crippen molar-refractivity contribution >= 4 is 11.8 Å².